The number of nitrogens with one attached hydrogen (secondary N) is 1. The summed E-state index contributed by atoms with van der Waals surface area (Å²) >= 11 is 1.63. The summed E-state index contributed by atoms with van der Waals surface area (Å²) in [4.78, 5) is 15.4. The lowest BCUT2D eigenvalue weighted by Crippen LogP contribution is -2.32. The number of carbonyl (C=O) groups is 1. The van der Waals surface area contributed by atoms with Crippen LogP contribution in [-0.2, 0) is 4.79 Å². The van der Waals surface area contributed by atoms with E-state index in [0.717, 1.165) is 10.6 Å². The van der Waals surface area contributed by atoms with Crippen LogP contribution in [0.1, 0.15) is 18.5 Å². The number of hydrogen-bond acceptors (Lipinski definition) is 3. The Labute approximate surface area is 136 Å². The highest BCUT2D eigenvalue weighted by Gasteiger charge is 2.15. The summed E-state index contributed by atoms with van der Waals surface area (Å²) in [6.45, 7) is 2.47. The fourth-order valence-electron chi connectivity index (χ4n) is 2.29. The zero-order valence-corrected chi connectivity index (χ0v) is 14.1. The first-order valence-corrected chi connectivity index (χ1v) is 8.52. The monoisotopic (exact) mass is 314 g/mol. The Bertz CT molecular complexity index is 615. The SMILES string of the molecule is CSc1ccccc1NC(=O)CN(C)[C@@H](C)c1ccccc1. The number of carbonyl (C=O) groups excluding carboxylic acids is 1. The molecule has 3 nitrogen and oxygen atoms in total. The van der Waals surface area contributed by atoms with E-state index < -0.39 is 0 Å². The zero-order chi connectivity index (χ0) is 15.9. The topological polar surface area (TPSA) is 32.3 Å². The van der Waals surface area contributed by atoms with Gasteiger partial charge in [-0.15, -0.1) is 11.8 Å². The molecule has 2 aromatic carbocycles. The van der Waals surface area contributed by atoms with Crippen molar-refractivity contribution in [2.45, 2.75) is 17.9 Å². The Morgan fingerprint density at radius 2 is 1.77 bits per heavy atom. The van der Waals surface area contributed by atoms with Crippen LogP contribution in [0.25, 0.3) is 0 Å². The number of para-hydroxylation sites is 1. The molecule has 116 valence electrons. The van der Waals surface area contributed by atoms with Crippen LogP contribution in [0, 0.1) is 0 Å². The average molecular weight is 314 g/mol. The van der Waals surface area contributed by atoms with Crippen molar-refractivity contribution in [3.8, 4) is 0 Å². The van der Waals surface area contributed by atoms with Crippen LogP contribution < -0.4 is 5.32 Å². The molecule has 0 aliphatic heterocycles. The van der Waals surface area contributed by atoms with Gasteiger partial charge < -0.3 is 5.32 Å². The number of hydrogen-bond donors (Lipinski definition) is 1. The van der Waals surface area contributed by atoms with Gasteiger partial charge in [-0.3, -0.25) is 9.69 Å². The first-order chi connectivity index (χ1) is 10.6. The van der Waals surface area contributed by atoms with Crippen molar-refractivity contribution in [1.82, 2.24) is 4.90 Å². The van der Waals surface area contributed by atoms with Gasteiger partial charge in [0.05, 0.1) is 12.2 Å². The molecule has 22 heavy (non-hydrogen) atoms. The number of anilines is 1. The van der Waals surface area contributed by atoms with Crippen LogP contribution >= 0.6 is 11.8 Å². The third-order valence-electron chi connectivity index (χ3n) is 3.72. The van der Waals surface area contributed by atoms with Crippen LogP contribution in [-0.4, -0.2) is 30.7 Å². The molecule has 1 N–H and O–H groups in total. The second-order valence-electron chi connectivity index (χ2n) is 5.25. The maximum Gasteiger partial charge on any atom is 0.238 e. The maximum atomic E-state index is 12.3. The van der Waals surface area contributed by atoms with Crippen LogP contribution in [0.2, 0.25) is 0 Å². The highest BCUT2D eigenvalue weighted by molar-refractivity contribution is 7.98. The van der Waals surface area contributed by atoms with Crippen LogP contribution in [0.3, 0.4) is 0 Å². The Morgan fingerprint density at radius 3 is 2.45 bits per heavy atom. The summed E-state index contributed by atoms with van der Waals surface area (Å²) < 4.78 is 0. The predicted molar refractivity (Wildman–Crippen MR) is 94.3 cm³/mol. The van der Waals surface area contributed by atoms with E-state index in [1.54, 1.807) is 11.8 Å². The smallest absolute Gasteiger partial charge is 0.238 e. The molecule has 0 aliphatic carbocycles. The van der Waals surface area contributed by atoms with Gasteiger partial charge in [-0.25, -0.2) is 0 Å². The van der Waals surface area contributed by atoms with Crippen LogP contribution in [0.4, 0.5) is 5.69 Å². The average Bonchev–Trinajstić information content (AvgIpc) is 2.55. The second-order valence-corrected chi connectivity index (χ2v) is 6.10. The third kappa shape index (κ3) is 4.36. The number of nitrogens with zero attached hydrogens (tertiary/aromatic N) is 1. The molecule has 0 aliphatic rings. The van der Waals surface area contributed by atoms with Gasteiger partial charge >= 0.3 is 0 Å². The Hall–Kier alpha value is -1.78. The van der Waals surface area contributed by atoms with Gasteiger partial charge in [0.2, 0.25) is 5.91 Å². The Kier molecular flexibility index (Phi) is 6.04. The first-order valence-electron chi connectivity index (χ1n) is 7.30. The lowest BCUT2D eigenvalue weighted by Gasteiger charge is -2.24. The molecule has 0 fully saturated rings. The highest BCUT2D eigenvalue weighted by atomic mass is 32.2. The fraction of sp³-hybridized carbons (Fsp3) is 0.278. The highest BCUT2D eigenvalue weighted by Crippen LogP contribution is 2.24. The van der Waals surface area contributed by atoms with E-state index in [0.29, 0.717) is 6.54 Å². The van der Waals surface area contributed by atoms with Gasteiger partial charge in [0.15, 0.2) is 0 Å². The molecule has 0 saturated heterocycles. The van der Waals surface area contributed by atoms with E-state index in [1.165, 1.54) is 5.56 Å². The predicted octanol–water partition coefficient (Wildman–Crippen LogP) is 4.04. The number of benzene rings is 2. The number of rotatable bonds is 6. The van der Waals surface area contributed by atoms with Crippen molar-refractivity contribution < 1.29 is 4.79 Å². The molecule has 0 bridgehead atoms. The molecule has 1 atom stereocenters. The largest absolute Gasteiger partial charge is 0.324 e. The standard InChI is InChI=1S/C18H22N2OS/c1-14(15-9-5-4-6-10-15)20(2)13-18(21)19-16-11-7-8-12-17(16)22-3/h4-12,14H,13H2,1-3H3,(H,19,21)/t14-/m0/s1. The normalized spacial score (nSPS) is 12.2. The summed E-state index contributed by atoms with van der Waals surface area (Å²) in [6.07, 6.45) is 2.01. The summed E-state index contributed by atoms with van der Waals surface area (Å²) in [7, 11) is 1.97. The first kappa shape index (κ1) is 16.6. The van der Waals surface area contributed by atoms with Crippen molar-refractivity contribution in [3.05, 3.63) is 60.2 Å². The maximum absolute atomic E-state index is 12.3. The minimum Gasteiger partial charge on any atom is -0.324 e. The molecule has 0 radical (unpaired) electrons. The number of thioether (sulfide) groups is 1. The third-order valence-corrected chi connectivity index (χ3v) is 4.51. The van der Waals surface area contributed by atoms with Crippen molar-refractivity contribution in [3.63, 3.8) is 0 Å². The molecule has 0 unspecified atom stereocenters. The molecular formula is C18H22N2OS. The minimum atomic E-state index is 0.00628. The van der Waals surface area contributed by atoms with E-state index in [2.05, 4.69) is 24.4 Å². The summed E-state index contributed by atoms with van der Waals surface area (Å²) in [5, 5.41) is 3.00. The lowest BCUT2D eigenvalue weighted by molar-refractivity contribution is -0.117. The molecular weight excluding hydrogens is 292 g/mol. The van der Waals surface area contributed by atoms with E-state index in [1.807, 2.05) is 60.7 Å². The molecule has 0 saturated carbocycles. The molecule has 2 aromatic rings. The quantitative estimate of drug-likeness (QED) is 0.817. The van der Waals surface area contributed by atoms with Gasteiger partial charge in [-0.05, 0) is 37.9 Å². The molecule has 4 heteroatoms. The van der Waals surface area contributed by atoms with Crippen LogP contribution in [0.15, 0.2) is 59.5 Å². The molecule has 1 amide bonds. The van der Waals surface area contributed by atoms with Gasteiger partial charge in [0.25, 0.3) is 0 Å². The molecule has 0 heterocycles. The Balaban J connectivity index is 1.97. The number of likely N-dealkylation sites (N-methyl/N-ethyl adjacent to an activating group) is 1. The summed E-state index contributed by atoms with van der Waals surface area (Å²) in [5.41, 5.74) is 2.09. The van der Waals surface area contributed by atoms with Gasteiger partial charge in [-0.2, -0.15) is 0 Å². The van der Waals surface area contributed by atoms with Crippen molar-refractivity contribution in [2.75, 3.05) is 25.2 Å². The van der Waals surface area contributed by atoms with Crippen molar-refractivity contribution >= 4 is 23.4 Å². The zero-order valence-electron chi connectivity index (χ0n) is 13.2. The molecule has 2 rings (SSSR count). The minimum absolute atomic E-state index is 0.00628. The van der Waals surface area contributed by atoms with Gasteiger partial charge in [0, 0.05) is 10.9 Å². The Morgan fingerprint density at radius 1 is 1.14 bits per heavy atom. The van der Waals surface area contributed by atoms with E-state index in [-0.39, 0.29) is 11.9 Å². The van der Waals surface area contributed by atoms with Gasteiger partial charge in [0.1, 0.15) is 0 Å². The van der Waals surface area contributed by atoms with Gasteiger partial charge in [-0.1, -0.05) is 42.5 Å². The number of amides is 1. The second kappa shape index (κ2) is 8.01. The summed E-state index contributed by atoms with van der Waals surface area (Å²) in [5.74, 6) is 0.00628. The van der Waals surface area contributed by atoms with E-state index >= 15 is 0 Å². The lowest BCUT2D eigenvalue weighted by atomic mass is 10.1. The van der Waals surface area contributed by atoms with Crippen molar-refractivity contribution in [1.29, 1.82) is 0 Å². The van der Waals surface area contributed by atoms with E-state index in [4.69, 9.17) is 0 Å². The van der Waals surface area contributed by atoms with Crippen LogP contribution in [0.5, 0.6) is 0 Å². The fourth-order valence-corrected chi connectivity index (χ4v) is 2.84. The molecule has 0 aromatic heterocycles. The van der Waals surface area contributed by atoms with Crippen molar-refractivity contribution in [2.24, 2.45) is 0 Å². The summed E-state index contributed by atoms with van der Waals surface area (Å²) in [6, 6.07) is 18.3. The molecule has 0 spiro atoms. The van der Waals surface area contributed by atoms with E-state index in [9.17, 15) is 4.79 Å².